The van der Waals surface area contributed by atoms with Crippen molar-refractivity contribution in [2.45, 2.75) is 58.4 Å². The fourth-order valence-electron chi connectivity index (χ4n) is 4.29. The van der Waals surface area contributed by atoms with Crippen molar-refractivity contribution in [3.05, 3.63) is 29.3 Å². The van der Waals surface area contributed by atoms with Gasteiger partial charge in [-0.25, -0.2) is 0 Å². The van der Waals surface area contributed by atoms with Crippen molar-refractivity contribution in [3.63, 3.8) is 0 Å². The predicted octanol–water partition coefficient (Wildman–Crippen LogP) is 3.90. The Morgan fingerprint density at radius 2 is 1.77 bits per heavy atom. The topological polar surface area (TPSA) is 32.3 Å². The molecule has 3 heteroatoms. The fraction of sp³-hybridized carbons (Fsp3) is 0.632. The minimum Gasteiger partial charge on any atom is -0.376 e. The summed E-state index contributed by atoms with van der Waals surface area (Å²) in [5.41, 5.74) is 3.53. The lowest BCUT2D eigenvalue weighted by atomic mass is 9.78. The van der Waals surface area contributed by atoms with Crippen LogP contribution in [-0.4, -0.2) is 29.9 Å². The third kappa shape index (κ3) is 3.45. The molecule has 1 aromatic carbocycles. The van der Waals surface area contributed by atoms with Crippen LogP contribution in [0, 0.1) is 19.8 Å². The van der Waals surface area contributed by atoms with Crippen LogP contribution in [-0.2, 0) is 4.79 Å². The lowest BCUT2D eigenvalue weighted by molar-refractivity contribution is -0.135. The molecule has 0 aromatic heterocycles. The number of aryl methyl sites for hydroxylation is 2. The van der Waals surface area contributed by atoms with Crippen LogP contribution in [0.2, 0.25) is 0 Å². The smallest absolute Gasteiger partial charge is 0.242 e. The molecule has 2 unspecified atom stereocenters. The van der Waals surface area contributed by atoms with Crippen LogP contribution in [0.25, 0.3) is 0 Å². The Kier molecular flexibility index (Phi) is 4.70. The summed E-state index contributed by atoms with van der Waals surface area (Å²) in [5.74, 6) is 1.03. The SMILES string of the molecule is Cc1cc(C)cc(NCC(=O)N2CCCC3CCCCC32)c1. The first-order chi connectivity index (χ1) is 10.6. The third-order valence-electron chi connectivity index (χ3n) is 5.23. The molecule has 1 saturated heterocycles. The van der Waals surface area contributed by atoms with E-state index in [-0.39, 0.29) is 5.91 Å². The van der Waals surface area contributed by atoms with Crippen molar-refractivity contribution in [1.29, 1.82) is 0 Å². The van der Waals surface area contributed by atoms with E-state index in [9.17, 15) is 4.79 Å². The number of nitrogens with one attached hydrogen (secondary N) is 1. The van der Waals surface area contributed by atoms with Crippen LogP contribution in [0.3, 0.4) is 0 Å². The molecule has 1 aliphatic heterocycles. The first-order valence-corrected chi connectivity index (χ1v) is 8.75. The molecule has 1 heterocycles. The first-order valence-electron chi connectivity index (χ1n) is 8.75. The summed E-state index contributed by atoms with van der Waals surface area (Å²) in [6.45, 7) is 5.56. The predicted molar refractivity (Wildman–Crippen MR) is 91.1 cm³/mol. The highest BCUT2D eigenvalue weighted by Gasteiger charge is 2.35. The van der Waals surface area contributed by atoms with E-state index in [0.717, 1.165) is 18.2 Å². The van der Waals surface area contributed by atoms with Gasteiger partial charge >= 0.3 is 0 Å². The number of nitrogens with zero attached hydrogens (tertiary/aromatic N) is 1. The normalized spacial score (nSPS) is 24.7. The Balaban J connectivity index is 1.61. The quantitative estimate of drug-likeness (QED) is 0.918. The Morgan fingerprint density at radius 1 is 1.09 bits per heavy atom. The van der Waals surface area contributed by atoms with Crippen LogP contribution in [0.1, 0.15) is 49.7 Å². The summed E-state index contributed by atoms with van der Waals surface area (Å²) in [4.78, 5) is 14.8. The number of anilines is 1. The zero-order valence-corrected chi connectivity index (χ0v) is 13.9. The van der Waals surface area contributed by atoms with E-state index < -0.39 is 0 Å². The molecule has 22 heavy (non-hydrogen) atoms. The molecule has 2 fully saturated rings. The van der Waals surface area contributed by atoms with Crippen LogP contribution in [0.5, 0.6) is 0 Å². The fourth-order valence-corrected chi connectivity index (χ4v) is 4.29. The third-order valence-corrected chi connectivity index (χ3v) is 5.23. The monoisotopic (exact) mass is 300 g/mol. The second-order valence-corrected chi connectivity index (χ2v) is 7.07. The van der Waals surface area contributed by atoms with Gasteiger partial charge in [-0.05, 0) is 68.7 Å². The molecular formula is C19H28N2O. The highest BCUT2D eigenvalue weighted by atomic mass is 16.2. The second kappa shape index (κ2) is 6.72. The van der Waals surface area contributed by atoms with Crippen molar-refractivity contribution >= 4 is 11.6 Å². The Labute approximate surface area is 134 Å². The number of hydrogen-bond donors (Lipinski definition) is 1. The molecule has 120 valence electrons. The van der Waals surface area contributed by atoms with Crippen LogP contribution < -0.4 is 5.32 Å². The van der Waals surface area contributed by atoms with Gasteiger partial charge in [0, 0.05) is 18.3 Å². The van der Waals surface area contributed by atoms with E-state index in [2.05, 4.69) is 42.3 Å². The summed E-state index contributed by atoms with van der Waals surface area (Å²) in [7, 11) is 0. The van der Waals surface area contributed by atoms with E-state index in [1.54, 1.807) is 0 Å². The van der Waals surface area contributed by atoms with Gasteiger partial charge in [-0.3, -0.25) is 4.79 Å². The lowest BCUT2D eigenvalue weighted by Crippen LogP contribution is -2.51. The molecular weight excluding hydrogens is 272 g/mol. The van der Waals surface area contributed by atoms with Crippen molar-refractivity contribution in [2.24, 2.45) is 5.92 Å². The van der Waals surface area contributed by atoms with Gasteiger partial charge < -0.3 is 10.2 Å². The Hall–Kier alpha value is -1.51. The van der Waals surface area contributed by atoms with Gasteiger partial charge in [0.25, 0.3) is 0 Å². The van der Waals surface area contributed by atoms with Crippen LogP contribution >= 0.6 is 0 Å². The number of likely N-dealkylation sites (tertiary alicyclic amines) is 1. The highest BCUT2D eigenvalue weighted by molar-refractivity contribution is 5.81. The average Bonchev–Trinajstić information content (AvgIpc) is 2.51. The van der Waals surface area contributed by atoms with Crippen molar-refractivity contribution in [1.82, 2.24) is 4.90 Å². The van der Waals surface area contributed by atoms with E-state index in [0.29, 0.717) is 12.6 Å². The molecule has 0 radical (unpaired) electrons. The van der Waals surface area contributed by atoms with Crippen molar-refractivity contribution in [2.75, 3.05) is 18.4 Å². The molecule has 3 nitrogen and oxygen atoms in total. The number of hydrogen-bond acceptors (Lipinski definition) is 2. The zero-order valence-electron chi connectivity index (χ0n) is 13.9. The van der Waals surface area contributed by atoms with Gasteiger partial charge in [0.15, 0.2) is 0 Å². The molecule has 2 aliphatic rings. The minimum atomic E-state index is 0.274. The van der Waals surface area contributed by atoms with Crippen LogP contribution in [0.4, 0.5) is 5.69 Å². The summed E-state index contributed by atoms with van der Waals surface area (Å²) in [6, 6.07) is 6.89. The number of fused-ring (bicyclic) bond motifs is 1. The second-order valence-electron chi connectivity index (χ2n) is 7.07. The van der Waals surface area contributed by atoms with Gasteiger partial charge in [-0.2, -0.15) is 0 Å². The number of carbonyl (C=O) groups is 1. The molecule has 0 bridgehead atoms. The van der Waals surface area contributed by atoms with E-state index in [1.165, 1.54) is 49.7 Å². The Morgan fingerprint density at radius 3 is 2.55 bits per heavy atom. The van der Waals surface area contributed by atoms with Gasteiger partial charge in [-0.15, -0.1) is 0 Å². The molecule has 1 aromatic rings. The van der Waals surface area contributed by atoms with E-state index in [1.807, 2.05) is 0 Å². The molecule has 1 N–H and O–H groups in total. The van der Waals surface area contributed by atoms with Gasteiger partial charge in [-0.1, -0.05) is 18.9 Å². The maximum atomic E-state index is 12.7. The molecule has 0 spiro atoms. The maximum absolute atomic E-state index is 12.7. The number of benzene rings is 1. The van der Waals surface area contributed by atoms with Gasteiger partial charge in [0.1, 0.15) is 0 Å². The number of carbonyl (C=O) groups excluding carboxylic acids is 1. The number of piperidine rings is 1. The summed E-state index contributed by atoms with van der Waals surface area (Å²) < 4.78 is 0. The molecule has 2 atom stereocenters. The summed E-state index contributed by atoms with van der Waals surface area (Å²) in [5, 5.41) is 3.33. The van der Waals surface area contributed by atoms with Crippen molar-refractivity contribution < 1.29 is 4.79 Å². The van der Waals surface area contributed by atoms with Gasteiger partial charge in [0.2, 0.25) is 5.91 Å². The number of rotatable bonds is 3. The molecule has 1 amide bonds. The van der Waals surface area contributed by atoms with Crippen molar-refractivity contribution in [3.8, 4) is 0 Å². The minimum absolute atomic E-state index is 0.274. The molecule has 3 rings (SSSR count). The maximum Gasteiger partial charge on any atom is 0.242 e. The average molecular weight is 300 g/mol. The van der Waals surface area contributed by atoms with E-state index in [4.69, 9.17) is 0 Å². The van der Waals surface area contributed by atoms with Crippen LogP contribution in [0.15, 0.2) is 18.2 Å². The first kappa shape index (κ1) is 15.4. The summed E-state index contributed by atoms with van der Waals surface area (Å²) >= 11 is 0. The van der Waals surface area contributed by atoms with Gasteiger partial charge in [0.05, 0.1) is 6.54 Å². The highest BCUT2D eigenvalue weighted by Crippen LogP contribution is 2.35. The largest absolute Gasteiger partial charge is 0.376 e. The standard InChI is InChI=1S/C19H28N2O/c1-14-10-15(2)12-17(11-14)20-13-19(22)21-9-5-7-16-6-3-4-8-18(16)21/h10-12,16,18,20H,3-9,13H2,1-2H3. The summed E-state index contributed by atoms with van der Waals surface area (Å²) in [6.07, 6.45) is 7.66. The molecule has 1 aliphatic carbocycles. The lowest BCUT2D eigenvalue weighted by Gasteiger charge is -2.44. The van der Waals surface area contributed by atoms with E-state index >= 15 is 0 Å². The Bertz CT molecular complexity index is 518. The number of amides is 1. The molecule has 1 saturated carbocycles. The zero-order chi connectivity index (χ0) is 15.5.